The number of carbonyl (C=O) groups is 1. The summed E-state index contributed by atoms with van der Waals surface area (Å²) >= 11 is 16.0. The first kappa shape index (κ1) is 23.4. The lowest BCUT2D eigenvalue weighted by Crippen LogP contribution is -2.15. The Hall–Kier alpha value is -2.80. The van der Waals surface area contributed by atoms with Crippen molar-refractivity contribution in [3.63, 3.8) is 0 Å². The molecular weight excluding hydrogens is 525 g/mol. The number of carbonyl (C=O) groups excluding carboxylic acids is 1. The molecule has 5 nitrogen and oxygen atoms in total. The molecule has 0 aliphatic heterocycles. The van der Waals surface area contributed by atoms with Gasteiger partial charge in [-0.05, 0) is 54.1 Å². The summed E-state index contributed by atoms with van der Waals surface area (Å²) in [7, 11) is 1.36. The number of rotatable bonds is 7. The summed E-state index contributed by atoms with van der Waals surface area (Å²) < 4.78 is 7.77. The zero-order valence-corrected chi connectivity index (χ0v) is 20.8. The fourth-order valence-corrected chi connectivity index (χ4v) is 4.16. The Morgan fingerprint density at radius 1 is 1.09 bits per heavy atom. The fourth-order valence-electron chi connectivity index (χ4n) is 3.39. The zero-order valence-electron chi connectivity index (χ0n) is 17.7. The van der Waals surface area contributed by atoms with Crippen molar-refractivity contribution < 1.29 is 9.53 Å². The molecule has 0 aliphatic rings. The number of nitrogens with zero attached hydrogens (tertiary/aromatic N) is 2. The highest BCUT2D eigenvalue weighted by molar-refractivity contribution is 9.10. The standard InChI is InChI=1S/C25H20BrCl2N3O2/c1-33-25(32)14-29-19-3-2-4-20(13-19)31-15-23(21-10-9-18(27)12-22(21)28)30-24(31)11-16-5-7-17(26)8-6-16/h2-10,12-13,15,29H,11,14H2,1H3. The number of benzene rings is 3. The van der Waals surface area contributed by atoms with E-state index in [1.165, 1.54) is 7.11 Å². The van der Waals surface area contributed by atoms with Gasteiger partial charge in [-0.2, -0.15) is 0 Å². The van der Waals surface area contributed by atoms with Crippen LogP contribution in [0.25, 0.3) is 16.9 Å². The maximum Gasteiger partial charge on any atom is 0.325 e. The Morgan fingerprint density at radius 2 is 1.88 bits per heavy atom. The highest BCUT2D eigenvalue weighted by atomic mass is 79.9. The Morgan fingerprint density at radius 3 is 2.61 bits per heavy atom. The van der Waals surface area contributed by atoms with Crippen molar-refractivity contribution in [1.82, 2.24) is 9.55 Å². The average Bonchev–Trinajstić information content (AvgIpc) is 3.22. The SMILES string of the molecule is COC(=O)CNc1cccc(-n2cc(-c3ccc(Cl)cc3Cl)nc2Cc2ccc(Br)cc2)c1. The third kappa shape index (κ3) is 5.77. The number of hydrogen-bond donors (Lipinski definition) is 1. The lowest BCUT2D eigenvalue weighted by Gasteiger charge is -2.11. The molecule has 0 saturated heterocycles. The van der Waals surface area contributed by atoms with Crippen LogP contribution in [0.5, 0.6) is 0 Å². The van der Waals surface area contributed by atoms with Crippen LogP contribution in [0.4, 0.5) is 5.69 Å². The third-order valence-corrected chi connectivity index (χ3v) is 6.13. The minimum Gasteiger partial charge on any atom is -0.468 e. The van der Waals surface area contributed by atoms with Gasteiger partial charge < -0.3 is 14.6 Å². The molecule has 0 bridgehead atoms. The molecule has 4 aromatic rings. The molecule has 0 spiro atoms. The number of esters is 1. The smallest absolute Gasteiger partial charge is 0.325 e. The van der Waals surface area contributed by atoms with Gasteiger partial charge in [0.05, 0.1) is 17.8 Å². The van der Waals surface area contributed by atoms with Crippen molar-refractivity contribution in [1.29, 1.82) is 0 Å². The molecule has 0 unspecified atom stereocenters. The summed E-state index contributed by atoms with van der Waals surface area (Å²) in [5.41, 5.74) is 4.38. The van der Waals surface area contributed by atoms with Gasteiger partial charge in [0, 0.05) is 39.1 Å². The predicted molar refractivity (Wildman–Crippen MR) is 136 cm³/mol. The van der Waals surface area contributed by atoms with Gasteiger partial charge in [0.15, 0.2) is 0 Å². The maximum absolute atomic E-state index is 11.5. The van der Waals surface area contributed by atoms with E-state index in [1.54, 1.807) is 12.1 Å². The van der Waals surface area contributed by atoms with Crippen LogP contribution < -0.4 is 5.32 Å². The second kappa shape index (κ2) is 10.4. The number of halogens is 3. The van der Waals surface area contributed by atoms with E-state index in [2.05, 4.69) is 33.4 Å². The van der Waals surface area contributed by atoms with Crippen molar-refractivity contribution in [2.24, 2.45) is 0 Å². The van der Waals surface area contributed by atoms with Crippen LogP contribution in [-0.4, -0.2) is 29.2 Å². The summed E-state index contributed by atoms with van der Waals surface area (Å²) in [6, 6.07) is 21.3. The van der Waals surface area contributed by atoms with Crippen LogP contribution in [0.2, 0.25) is 10.0 Å². The van der Waals surface area contributed by atoms with Crippen molar-refractivity contribution in [3.05, 3.63) is 98.8 Å². The van der Waals surface area contributed by atoms with E-state index in [1.807, 2.05) is 53.2 Å². The van der Waals surface area contributed by atoms with E-state index in [0.717, 1.165) is 38.5 Å². The number of ether oxygens (including phenoxy) is 1. The van der Waals surface area contributed by atoms with E-state index in [9.17, 15) is 4.79 Å². The van der Waals surface area contributed by atoms with Crippen molar-refractivity contribution >= 4 is 50.8 Å². The molecule has 0 aliphatic carbocycles. The van der Waals surface area contributed by atoms with Crippen molar-refractivity contribution in [3.8, 4) is 16.9 Å². The molecule has 1 heterocycles. The molecule has 1 N–H and O–H groups in total. The van der Waals surface area contributed by atoms with Crippen molar-refractivity contribution in [2.75, 3.05) is 19.0 Å². The first-order valence-corrected chi connectivity index (χ1v) is 11.7. The molecule has 33 heavy (non-hydrogen) atoms. The molecule has 8 heteroatoms. The fraction of sp³-hybridized carbons (Fsp3) is 0.120. The van der Waals surface area contributed by atoms with Crippen LogP contribution >= 0.6 is 39.1 Å². The Labute approximate surface area is 210 Å². The quantitative estimate of drug-likeness (QED) is 0.260. The molecule has 4 rings (SSSR count). The summed E-state index contributed by atoms with van der Waals surface area (Å²) in [4.78, 5) is 16.4. The Kier molecular flexibility index (Phi) is 7.38. The summed E-state index contributed by atoms with van der Waals surface area (Å²) in [5.74, 6) is 0.516. The molecular formula is C25H20BrCl2N3O2. The van der Waals surface area contributed by atoms with Crippen LogP contribution in [0, 0.1) is 0 Å². The lowest BCUT2D eigenvalue weighted by molar-refractivity contribution is -0.138. The zero-order chi connectivity index (χ0) is 23.4. The molecule has 0 amide bonds. The molecule has 0 saturated carbocycles. The van der Waals surface area contributed by atoms with Gasteiger partial charge in [-0.15, -0.1) is 0 Å². The minimum absolute atomic E-state index is 0.0846. The number of methoxy groups -OCH3 is 1. The summed E-state index contributed by atoms with van der Waals surface area (Å²) in [5, 5.41) is 4.20. The molecule has 0 radical (unpaired) electrons. The number of nitrogens with one attached hydrogen (secondary N) is 1. The second-order valence-electron chi connectivity index (χ2n) is 7.32. The summed E-state index contributed by atoms with van der Waals surface area (Å²) in [6.45, 7) is 0.0846. The van der Waals surface area contributed by atoms with Gasteiger partial charge in [-0.3, -0.25) is 4.79 Å². The Balaban J connectivity index is 1.74. The first-order valence-electron chi connectivity index (χ1n) is 10.1. The van der Waals surface area contributed by atoms with Crippen LogP contribution in [0.15, 0.2) is 77.4 Å². The second-order valence-corrected chi connectivity index (χ2v) is 9.08. The van der Waals surface area contributed by atoms with Gasteiger partial charge in [0.25, 0.3) is 0 Å². The number of imidazole rings is 1. The van der Waals surface area contributed by atoms with E-state index in [0.29, 0.717) is 16.5 Å². The summed E-state index contributed by atoms with van der Waals surface area (Å²) in [6.07, 6.45) is 2.58. The van der Waals surface area contributed by atoms with E-state index >= 15 is 0 Å². The maximum atomic E-state index is 11.5. The molecule has 0 atom stereocenters. The van der Waals surface area contributed by atoms with Gasteiger partial charge >= 0.3 is 5.97 Å². The third-order valence-electron chi connectivity index (χ3n) is 5.05. The topological polar surface area (TPSA) is 56.1 Å². The molecule has 3 aromatic carbocycles. The van der Waals surface area contributed by atoms with Crippen LogP contribution in [0.1, 0.15) is 11.4 Å². The van der Waals surface area contributed by atoms with E-state index < -0.39 is 0 Å². The minimum atomic E-state index is -0.335. The molecule has 1 aromatic heterocycles. The highest BCUT2D eigenvalue weighted by Gasteiger charge is 2.15. The first-order chi connectivity index (χ1) is 15.9. The van der Waals surface area contributed by atoms with Gasteiger partial charge in [0.1, 0.15) is 12.4 Å². The van der Waals surface area contributed by atoms with Gasteiger partial charge in [-0.25, -0.2) is 4.98 Å². The largest absolute Gasteiger partial charge is 0.468 e. The normalized spacial score (nSPS) is 10.8. The monoisotopic (exact) mass is 543 g/mol. The number of aromatic nitrogens is 2. The van der Waals surface area contributed by atoms with Crippen LogP contribution in [0.3, 0.4) is 0 Å². The van der Waals surface area contributed by atoms with Gasteiger partial charge in [0.2, 0.25) is 0 Å². The highest BCUT2D eigenvalue weighted by Crippen LogP contribution is 2.31. The predicted octanol–water partition coefficient (Wildman–Crippen LogP) is 6.78. The molecule has 0 fully saturated rings. The van der Waals surface area contributed by atoms with Crippen molar-refractivity contribution in [2.45, 2.75) is 6.42 Å². The average molecular weight is 545 g/mol. The van der Waals surface area contributed by atoms with Crippen LogP contribution in [-0.2, 0) is 16.0 Å². The molecule has 168 valence electrons. The van der Waals surface area contributed by atoms with E-state index in [4.69, 9.17) is 32.9 Å². The number of hydrogen-bond acceptors (Lipinski definition) is 4. The number of anilines is 1. The Bertz CT molecular complexity index is 1290. The lowest BCUT2D eigenvalue weighted by atomic mass is 10.1. The van der Waals surface area contributed by atoms with E-state index in [-0.39, 0.29) is 12.5 Å². The van der Waals surface area contributed by atoms with Gasteiger partial charge in [-0.1, -0.05) is 57.3 Å².